The van der Waals surface area contributed by atoms with Crippen LogP contribution < -0.4 is 0 Å². The molecule has 1 aliphatic carbocycles. The number of allylic oxidation sites excluding steroid dienone is 1. The van der Waals surface area contributed by atoms with Gasteiger partial charge in [-0.15, -0.1) is 0 Å². The second kappa shape index (κ2) is 4.98. The fraction of sp³-hybridized carbons (Fsp3) is 0.250. The summed E-state index contributed by atoms with van der Waals surface area (Å²) in [6, 6.07) is 12.9. The maximum absolute atomic E-state index is 4.09. The molecule has 0 unspecified atom stereocenters. The van der Waals surface area contributed by atoms with Crippen LogP contribution in [0, 0.1) is 0 Å². The zero-order valence-electron chi connectivity index (χ0n) is 9.38. The third kappa shape index (κ3) is 1.76. The zero-order chi connectivity index (χ0) is 10.8. The van der Waals surface area contributed by atoms with E-state index in [2.05, 4.69) is 43.0 Å². The van der Waals surface area contributed by atoms with E-state index >= 15 is 0 Å². The van der Waals surface area contributed by atoms with Crippen LogP contribution in [0.5, 0.6) is 0 Å². The molecule has 3 rings (SSSR count). The summed E-state index contributed by atoms with van der Waals surface area (Å²) in [6.07, 6.45) is 1.02. The van der Waals surface area contributed by atoms with E-state index < -0.39 is 0 Å². The largest absolute Gasteiger partial charge is 0.0949 e. The van der Waals surface area contributed by atoms with Crippen molar-refractivity contribution in [3.63, 3.8) is 0 Å². The van der Waals surface area contributed by atoms with Gasteiger partial charge in [-0.3, -0.25) is 0 Å². The molecule has 0 atom stereocenters. The fourth-order valence-corrected chi connectivity index (χ4v) is 2.19. The SMILES string of the molecule is C.C=C1Cc2cccc3cccc1c23.CC. The van der Waals surface area contributed by atoms with Gasteiger partial charge in [0.1, 0.15) is 0 Å². The molecule has 0 nitrogen and oxygen atoms in total. The van der Waals surface area contributed by atoms with Crippen molar-refractivity contribution in [3.05, 3.63) is 54.1 Å². The van der Waals surface area contributed by atoms with Gasteiger partial charge in [0.2, 0.25) is 0 Å². The molecule has 0 heteroatoms. The average molecular weight is 212 g/mol. The molecule has 0 aliphatic heterocycles. The summed E-state index contributed by atoms with van der Waals surface area (Å²) in [5, 5.41) is 2.75. The summed E-state index contributed by atoms with van der Waals surface area (Å²) < 4.78 is 0. The van der Waals surface area contributed by atoms with Crippen LogP contribution in [-0.4, -0.2) is 0 Å². The number of hydrogen-bond donors (Lipinski definition) is 0. The Kier molecular flexibility index (Phi) is 3.89. The summed E-state index contributed by atoms with van der Waals surface area (Å²) >= 11 is 0. The number of rotatable bonds is 0. The van der Waals surface area contributed by atoms with Crippen LogP contribution in [0.15, 0.2) is 43.0 Å². The van der Waals surface area contributed by atoms with Crippen molar-refractivity contribution >= 4 is 16.3 Å². The van der Waals surface area contributed by atoms with Crippen molar-refractivity contribution in [2.45, 2.75) is 27.7 Å². The van der Waals surface area contributed by atoms with Gasteiger partial charge >= 0.3 is 0 Å². The van der Waals surface area contributed by atoms with Gasteiger partial charge < -0.3 is 0 Å². The molecule has 1 aliphatic rings. The molecule has 0 saturated carbocycles. The summed E-state index contributed by atoms with van der Waals surface area (Å²) in [7, 11) is 0. The summed E-state index contributed by atoms with van der Waals surface area (Å²) in [6.45, 7) is 8.09. The molecule has 2 aromatic rings. The predicted molar refractivity (Wildman–Crippen MR) is 74.8 cm³/mol. The zero-order valence-corrected chi connectivity index (χ0v) is 9.38. The minimum absolute atomic E-state index is 0. The Morgan fingerprint density at radius 3 is 2.31 bits per heavy atom. The van der Waals surface area contributed by atoms with Crippen LogP contribution in [0.4, 0.5) is 0 Å². The molecule has 0 amide bonds. The van der Waals surface area contributed by atoms with Gasteiger partial charge in [-0.2, -0.15) is 0 Å². The highest BCUT2D eigenvalue weighted by Gasteiger charge is 2.15. The van der Waals surface area contributed by atoms with Gasteiger partial charge in [-0.25, -0.2) is 0 Å². The molecule has 0 fully saturated rings. The van der Waals surface area contributed by atoms with E-state index in [-0.39, 0.29) is 7.43 Å². The van der Waals surface area contributed by atoms with Gasteiger partial charge in [-0.1, -0.05) is 64.3 Å². The topological polar surface area (TPSA) is 0 Å². The summed E-state index contributed by atoms with van der Waals surface area (Å²) in [5.41, 5.74) is 4.03. The van der Waals surface area contributed by atoms with Crippen molar-refractivity contribution in [2.75, 3.05) is 0 Å². The van der Waals surface area contributed by atoms with Gasteiger partial charge in [0.05, 0.1) is 0 Å². The molecule has 2 aromatic carbocycles. The lowest BCUT2D eigenvalue weighted by molar-refractivity contribution is 1.38. The van der Waals surface area contributed by atoms with E-state index in [1.807, 2.05) is 13.8 Å². The molecular formula is C16H20. The van der Waals surface area contributed by atoms with Crippen LogP contribution in [0.3, 0.4) is 0 Å². The quantitative estimate of drug-likeness (QED) is 0.572. The molecular weight excluding hydrogens is 192 g/mol. The van der Waals surface area contributed by atoms with Crippen LogP contribution in [0.25, 0.3) is 16.3 Å². The van der Waals surface area contributed by atoms with Crippen LogP contribution in [-0.2, 0) is 6.42 Å². The van der Waals surface area contributed by atoms with Crippen LogP contribution in [0.1, 0.15) is 32.4 Å². The average Bonchev–Trinajstić information content (AvgIpc) is 2.62. The Balaban J connectivity index is 0.000000406. The standard InChI is InChI=1S/C13H10.C2H6.CH4/c1-9-8-11-6-2-4-10-5-3-7-12(9)13(10)11;1-2;/h2-7H,1,8H2;1-2H3;1H4. The molecule has 0 aromatic heterocycles. The maximum Gasteiger partial charge on any atom is -0.00191 e. The Labute approximate surface area is 98.6 Å². The summed E-state index contributed by atoms with van der Waals surface area (Å²) in [5.74, 6) is 0. The molecule has 0 radical (unpaired) electrons. The third-order valence-electron chi connectivity index (χ3n) is 2.78. The Bertz CT molecular complexity index is 501. The van der Waals surface area contributed by atoms with Crippen molar-refractivity contribution in [1.29, 1.82) is 0 Å². The fourth-order valence-electron chi connectivity index (χ4n) is 2.19. The molecule has 0 heterocycles. The van der Waals surface area contributed by atoms with Crippen molar-refractivity contribution in [1.82, 2.24) is 0 Å². The highest BCUT2D eigenvalue weighted by molar-refractivity contribution is 6.00. The van der Waals surface area contributed by atoms with E-state index in [0.717, 1.165) is 6.42 Å². The molecule has 0 bridgehead atoms. The lowest BCUT2D eigenvalue weighted by Crippen LogP contribution is -1.76. The first kappa shape index (κ1) is 12.5. The Morgan fingerprint density at radius 1 is 1.00 bits per heavy atom. The molecule has 16 heavy (non-hydrogen) atoms. The Morgan fingerprint density at radius 2 is 1.62 bits per heavy atom. The first-order chi connectivity index (χ1) is 7.36. The van der Waals surface area contributed by atoms with E-state index in [9.17, 15) is 0 Å². The maximum atomic E-state index is 4.09. The minimum Gasteiger partial charge on any atom is -0.0949 e. The summed E-state index contributed by atoms with van der Waals surface area (Å²) in [4.78, 5) is 0. The van der Waals surface area contributed by atoms with Gasteiger partial charge in [-0.05, 0) is 33.9 Å². The van der Waals surface area contributed by atoms with E-state index in [1.165, 1.54) is 27.5 Å². The normalized spacial score (nSPS) is 11.8. The second-order valence-corrected chi connectivity index (χ2v) is 3.60. The van der Waals surface area contributed by atoms with Crippen LogP contribution in [0.2, 0.25) is 0 Å². The van der Waals surface area contributed by atoms with Gasteiger partial charge in [0.25, 0.3) is 0 Å². The number of hydrogen-bond acceptors (Lipinski definition) is 0. The lowest BCUT2D eigenvalue weighted by Gasteiger charge is -1.99. The van der Waals surface area contributed by atoms with Crippen molar-refractivity contribution < 1.29 is 0 Å². The predicted octanol–water partition coefficient (Wildman–Crippen LogP) is 5.07. The Hall–Kier alpha value is -1.56. The minimum atomic E-state index is 0. The second-order valence-electron chi connectivity index (χ2n) is 3.60. The van der Waals surface area contributed by atoms with E-state index in [1.54, 1.807) is 0 Å². The van der Waals surface area contributed by atoms with Crippen molar-refractivity contribution in [3.8, 4) is 0 Å². The molecule has 0 saturated heterocycles. The van der Waals surface area contributed by atoms with Gasteiger partial charge in [0, 0.05) is 0 Å². The van der Waals surface area contributed by atoms with Crippen molar-refractivity contribution in [2.24, 2.45) is 0 Å². The molecule has 84 valence electrons. The van der Waals surface area contributed by atoms with E-state index in [0.29, 0.717) is 0 Å². The first-order valence-electron chi connectivity index (χ1n) is 5.55. The highest BCUT2D eigenvalue weighted by atomic mass is 14.2. The van der Waals surface area contributed by atoms with E-state index in [4.69, 9.17) is 0 Å². The first-order valence-corrected chi connectivity index (χ1v) is 5.55. The lowest BCUT2D eigenvalue weighted by atomic mass is 10.1. The smallest absolute Gasteiger partial charge is 0.00191 e. The highest BCUT2D eigenvalue weighted by Crippen LogP contribution is 2.36. The number of benzene rings is 2. The van der Waals surface area contributed by atoms with Gasteiger partial charge in [0.15, 0.2) is 0 Å². The monoisotopic (exact) mass is 212 g/mol. The third-order valence-corrected chi connectivity index (χ3v) is 2.78. The molecule has 0 N–H and O–H groups in total. The van der Waals surface area contributed by atoms with Crippen LogP contribution >= 0.6 is 0 Å². The molecule has 0 spiro atoms.